The van der Waals surface area contributed by atoms with E-state index in [2.05, 4.69) is 32.0 Å². The second-order valence-electron chi connectivity index (χ2n) is 5.82. The summed E-state index contributed by atoms with van der Waals surface area (Å²) in [6.45, 7) is 4.88. The van der Waals surface area contributed by atoms with Crippen molar-refractivity contribution in [2.24, 2.45) is 0 Å². The molecule has 3 aromatic rings. The van der Waals surface area contributed by atoms with Gasteiger partial charge < -0.3 is 19.2 Å². The van der Waals surface area contributed by atoms with Gasteiger partial charge in [0.05, 0.1) is 36.9 Å². The summed E-state index contributed by atoms with van der Waals surface area (Å²) < 4.78 is 17.4. The van der Waals surface area contributed by atoms with Gasteiger partial charge in [0.15, 0.2) is 11.5 Å². The van der Waals surface area contributed by atoms with Crippen molar-refractivity contribution in [3.63, 3.8) is 0 Å². The largest absolute Gasteiger partial charge is 0.497 e. The smallest absolute Gasteiger partial charge is 0.162 e. The number of rotatable bonds is 7. The van der Waals surface area contributed by atoms with Crippen LogP contribution in [-0.2, 0) is 0 Å². The Morgan fingerprint density at radius 1 is 1.18 bits per heavy atom. The molecule has 0 bridgehead atoms. The number of allylic oxidation sites excluding steroid dienone is 1. The monoisotopic (exact) mass is 441 g/mol. The molecule has 1 aromatic heterocycles. The highest BCUT2D eigenvalue weighted by Gasteiger charge is 2.13. The lowest BCUT2D eigenvalue weighted by atomic mass is 10.1. The van der Waals surface area contributed by atoms with Gasteiger partial charge in [-0.1, -0.05) is 15.9 Å². The van der Waals surface area contributed by atoms with E-state index in [0.29, 0.717) is 36.1 Å². The van der Waals surface area contributed by atoms with Crippen LogP contribution in [0.15, 0.2) is 34.8 Å². The Bertz CT molecular complexity index is 1070. The van der Waals surface area contributed by atoms with Gasteiger partial charge >= 0.3 is 0 Å². The molecule has 0 fully saturated rings. The molecule has 0 aliphatic rings. The second-order valence-corrected chi connectivity index (χ2v) is 6.68. The highest BCUT2D eigenvalue weighted by atomic mass is 79.9. The predicted octanol–water partition coefficient (Wildman–Crippen LogP) is 5.20. The van der Waals surface area contributed by atoms with E-state index >= 15 is 0 Å². The Kier molecular flexibility index (Phi) is 6.22. The van der Waals surface area contributed by atoms with Crippen molar-refractivity contribution >= 4 is 38.6 Å². The van der Waals surface area contributed by atoms with Crippen molar-refractivity contribution < 1.29 is 14.2 Å². The van der Waals surface area contributed by atoms with Gasteiger partial charge in [-0.15, -0.1) is 0 Å². The summed E-state index contributed by atoms with van der Waals surface area (Å²) in [6.07, 6.45) is 1.76. The number of nitrogens with one attached hydrogen (secondary N) is 1. The first kappa shape index (κ1) is 19.8. The zero-order chi connectivity index (χ0) is 20.1. The van der Waals surface area contributed by atoms with Crippen molar-refractivity contribution in [3.05, 3.63) is 46.2 Å². The maximum Gasteiger partial charge on any atom is 0.162 e. The number of fused-ring (bicyclic) bond motifs is 1. The number of nitriles is 1. The predicted molar refractivity (Wildman–Crippen MR) is 113 cm³/mol. The van der Waals surface area contributed by atoms with Gasteiger partial charge in [0.25, 0.3) is 0 Å². The van der Waals surface area contributed by atoms with Crippen LogP contribution in [-0.4, -0.2) is 30.3 Å². The average Bonchev–Trinajstić information content (AvgIpc) is 3.12. The van der Waals surface area contributed by atoms with Crippen LogP contribution >= 0.6 is 15.9 Å². The molecule has 0 amide bonds. The van der Waals surface area contributed by atoms with Gasteiger partial charge in [0.1, 0.15) is 17.6 Å². The second kappa shape index (κ2) is 8.81. The third-order valence-electron chi connectivity index (χ3n) is 4.03. The van der Waals surface area contributed by atoms with E-state index in [-0.39, 0.29) is 0 Å². The Morgan fingerprint density at radius 2 is 1.89 bits per heavy atom. The summed E-state index contributed by atoms with van der Waals surface area (Å²) in [5.41, 5.74) is 2.76. The van der Waals surface area contributed by atoms with Crippen LogP contribution in [0.1, 0.15) is 25.2 Å². The van der Waals surface area contributed by atoms with Gasteiger partial charge in [-0.3, -0.25) is 0 Å². The lowest BCUT2D eigenvalue weighted by molar-refractivity contribution is 0.287. The van der Waals surface area contributed by atoms with E-state index in [1.165, 1.54) is 0 Å². The standard InChI is InChI=1S/C21H20BrN3O3/c1-4-27-19-9-13(16(22)11-20(19)28-5-2)8-14(12-23)21-24-17-7-6-15(26-3)10-18(17)25-21/h6-11H,4-5H2,1-3H3,(H,24,25)/b14-8-. The number of halogens is 1. The van der Waals surface area contributed by atoms with Crippen molar-refractivity contribution in [2.45, 2.75) is 13.8 Å². The van der Waals surface area contributed by atoms with Crippen molar-refractivity contribution in [2.75, 3.05) is 20.3 Å². The minimum absolute atomic E-state index is 0.405. The molecule has 0 aliphatic carbocycles. The Labute approximate surface area is 171 Å². The Morgan fingerprint density at radius 3 is 2.54 bits per heavy atom. The molecule has 3 rings (SSSR count). The topological polar surface area (TPSA) is 80.2 Å². The van der Waals surface area contributed by atoms with Crippen LogP contribution in [0.2, 0.25) is 0 Å². The van der Waals surface area contributed by atoms with Crippen LogP contribution < -0.4 is 14.2 Å². The molecule has 0 unspecified atom stereocenters. The molecule has 0 saturated carbocycles. The third kappa shape index (κ3) is 4.12. The number of aromatic amines is 1. The highest BCUT2D eigenvalue weighted by molar-refractivity contribution is 9.10. The molecule has 28 heavy (non-hydrogen) atoms. The molecule has 0 radical (unpaired) electrons. The lowest BCUT2D eigenvalue weighted by Crippen LogP contribution is -1.99. The molecule has 2 aromatic carbocycles. The zero-order valence-corrected chi connectivity index (χ0v) is 17.5. The van der Waals surface area contributed by atoms with Crippen LogP contribution in [0.3, 0.4) is 0 Å². The van der Waals surface area contributed by atoms with Crippen LogP contribution in [0, 0.1) is 11.3 Å². The Balaban J connectivity index is 2.05. The quantitative estimate of drug-likeness (QED) is 0.509. The van der Waals surface area contributed by atoms with E-state index in [9.17, 15) is 5.26 Å². The van der Waals surface area contributed by atoms with E-state index < -0.39 is 0 Å². The van der Waals surface area contributed by atoms with Gasteiger partial charge in [-0.2, -0.15) is 5.26 Å². The van der Waals surface area contributed by atoms with Gasteiger partial charge in [-0.05, 0) is 49.8 Å². The summed E-state index contributed by atoms with van der Waals surface area (Å²) in [4.78, 5) is 7.70. The molecule has 7 heteroatoms. The Hall–Kier alpha value is -2.98. The molecule has 0 spiro atoms. The van der Waals surface area contributed by atoms with Crippen LogP contribution in [0.4, 0.5) is 0 Å². The number of benzene rings is 2. The van der Waals surface area contributed by atoms with E-state index in [1.54, 1.807) is 13.2 Å². The van der Waals surface area contributed by atoms with E-state index in [4.69, 9.17) is 14.2 Å². The summed E-state index contributed by atoms with van der Waals surface area (Å²) in [6, 6.07) is 11.4. The van der Waals surface area contributed by atoms with Crippen LogP contribution in [0.25, 0.3) is 22.7 Å². The van der Waals surface area contributed by atoms with Crippen molar-refractivity contribution in [1.29, 1.82) is 5.26 Å². The number of methoxy groups -OCH3 is 1. The maximum absolute atomic E-state index is 9.69. The van der Waals surface area contributed by atoms with Crippen LogP contribution in [0.5, 0.6) is 17.2 Å². The normalized spacial score (nSPS) is 11.3. The molecule has 0 saturated heterocycles. The molecular formula is C21H20BrN3O3. The maximum atomic E-state index is 9.69. The minimum Gasteiger partial charge on any atom is -0.497 e. The number of imidazole rings is 1. The number of ether oxygens (including phenoxy) is 3. The molecule has 0 atom stereocenters. The number of nitrogens with zero attached hydrogens (tertiary/aromatic N) is 2. The molecule has 0 aliphatic heterocycles. The molecule has 6 nitrogen and oxygen atoms in total. The highest BCUT2D eigenvalue weighted by Crippen LogP contribution is 2.35. The first-order chi connectivity index (χ1) is 13.6. The van der Waals surface area contributed by atoms with Gasteiger partial charge in [-0.25, -0.2) is 4.98 Å². The number of hydrogen-bond acceptors (Lipinski definition) is 5. The van der Waals surface area contributed by atoms with E-state index in [0.717, 1.165) is 26.8 Å². The minimum atomic E-state index is 0.405. The fourth-order valence-corrected chi connectivity index (χ4v) is 3.19. The number of aromatic nitrogens is 2. The summed E-state index contributed by atoms with van der Waals surface area (Å²) in [5.74, 6) is 2.50. The summed E-state index contributed by atoms with van der Waals surface area (Å²) in [5, 5.41) is 9.69. The number of hydrogen-bond donors (Lipinski definition) is 1. The molecule has 144 valence electrons. The fraction of sp³-hybridized carbons (Fsp3) is 0.238. The van der Waals surface area contributed by atoms with Gasteiger partial charge in [0.2, 0.25) is 0 Å². The lowest BCUT2D eigenvalue weighted by Gasteiger charge is -2.13. The van der Waals surface area contributed by atoms with Crippen molar-refractivity contribution in [1.82, 2.24) is 9.97 Å². The molecule has 1 heterocycles. The SMILES string of the molecule is CCOc1cc(Br)c(/C=C(/C#N)c2nc3ccc(OC)cc3[nH]2)cc1OCC. The first-order valence-corrected chi connectivity index (χ1v) is 9.64. The summed E-state index contributed by atoms with van der Waals surface area (Å²) >= 11 is 3.55. The number of H-pyrrole nitrogens is 1. The zero-order valence-electron chi connectivity index (χ0n) is 15.9. The molecular weight excluding hydrogens is 422 g/mol. The first-order valence-electron chi connectivity index (χ1n) is 8.84. The third-order valence-corrected chi connectivity index (χ3v) is 4.71. The summed E-state index contributed by atoms with van der Waals surface area (Å²) in [7, 11) is 1.61. The van der Waals surface area contributed by atoms with E-state index in [1.807, 2.05) is 44.2 Å². The van der Waals surface area contributed by atoms with Gasteiger partial charge in [0, 0.05) is 10.5 Å². The average molecular weight is 442 g/mol. The fourth-order valence-electron chi connectivity index (χ4n) is 2.75. The molecule has 1 N–H and O–H groups in total. The van der Waals surface area contributed by atoms with Crippen molar-refractivity contribution in [3.8, 4) is 23.3 Å².